The van der Waals surface area contributed by atoms with Gasteiger partial charge in [-0.05, 0) is 50.2 Å². The van der Waals surface area contributed by atoms with Crippen molar-refractivity contribution in [2.45, 2.75) is 20.2 Å². The maximum Gasteiger partial charge on any atom is 0.573 e. The van der Waals surface area contributed by atoms with E-state index in [1.165, 1.54) is 12.1 Å². The molecule has 26 heavy (non-hydrogen) atoms. The number of carbonyl (C=O) groups excluding carboxylic acids is 2. The third-order valence-electron chi connectivity index (χ3n) is 3.27. The van der Waals surface area contributed by atoms with E-state index in [-0.39, 0.29) is 18.1 Å². The zero-order valence-corrected chi connectivity index (χ0v) is 14.1. The number of ether oxygens (including phenoxy) is 1. The normalized spacial score (nSPS) is 11.0. The Hall–Kier alpha value is -3.03. The lowest BCUT2D eigenvalue weighted by Crippen LogP contribution is -2.32. The fraction of sp³-hybridized carbons (Fsp3) is 0.222. The molecule has 0 unspecified atom stereocenters. The van der Waals surface area contributed by atoms with E-state index in [9.17, 15) is 22.8 Å². The van der Waals surface area contributed by atoms with Crippen molar-refractivity contribution in [3.63, 3.8) is 0 Å². The Bertz CT molecular complexity index is 782. The van der Waals surface area contributed by atoms with Gasteiger partial charge in [-0.2, -0.15) is 0 Å². The van der Waals surface area contributed by atoms with Gasteiger partial charge in [-0.25, -0.2) is 0 Å². The number of halogens is 3. The number of hydrogen-bond donors (Lipinski definition) is 2. The molecule has 2 amide bonds. The molecule has 0 saturated carbocycles. The van der Waals surface area contributed by atoms with Crippen LogP contribution in [-0.4, -0.2) is 24.7 Å². The SMILES string of the molecule is Cc1cc(C)cc(C(=O)NCC(=O)Nc2ccc(OC(F)(F)F)cc2)c1. The summed E-state index contributed by atoms with van der Waals surface area (Å²) in [5.74, 6) is -1.29. The predicted molar refractivity (Wildman–Crippen MR) is 90.0 cm³/mol. The van der Waals surface area contributed by atoms with Crippen LogP contribution < -0.4 is 15.4 Å². The molecule has 0 aliphatic carbocycles. The minimum Gasteiger partial charge on any atom is -0.406 e. The highest BCUT2D eigenvalue weighted by Crippen LogP contribution is 2.23. The van der Waals surface area contributed by atoms with E-state index in [2.05, 4.69) is 15.4 Å². The van der Waals surface area contributed by atoms with Crippen molar-refractivity contribution in [1.82, 2.24) is 5.32 Å². The monoisotopic (exact) mass is 366 g/mol. The van der Waals surface area contributed by atoms with Crippen molar-refractivity contribution in [2.24, 2.45) is 0 Å². The molecule has 0 radical (unpaired) electrons. The highest BCUT2D eigenvalue weighted by Gasteiger charge is 2.30. The maximum absolute atomic E-state index is 12.1. The number of alkyl halides is 3. The lowest BCUT2D eigenvalue weighted by molar-refractivity contribution is -0.274. The molecule has 2 N–H and O–H groups in total. The second kappa shape index (κ2) is 7.90. The van der Waals surface area contributed by atoms with Crippen LogP contribution in [0.3, 0.4) is 0 Å². The maximum atomic E-state index is 12.1. The number of aryl methyl sites for hydroxylation is 2. The van der Waals surface area contributed by atoms with Crippen LogP contribution in [0.1, 0.15) is 21.5 Å². The molecule has 0 aliphatic heterocycles. The number of amides is 2. The van der Waals surface area contributed by atoms with Gasteiger partial charge in [-0.3, -0.25) is 9.59 Å². The van der Waals surface area contributed by atoms with Gasteiger partial charge >= 0.3 is 6.36 Å². The van der Waals surface area contributed by atoms with Crippen LogP contribution in [0.25, 0.3) is 0 Å². The zero-order valence-electron chi connectivity index (χ0n) is 14.1. The average Bonchev–Trinajstić information content (AvgIpc) is 2.52. The van der Waals surface area contributed by atoms with Crippen LogP contribution in [0.2, 0.25) is 0 Å². The largest absolute Gasteiger partial charge is 0.573 e. The first-order valence-corrected chi connectivity index (χ1v) is 7.64. The predicted octanol–water partition coefficient (Wildman–Crippen LogP) is 3.57. The standard InChI is InChI=1S/C18H17F3N2O3/c1-11-7-12(2)9-13(8-11)17(25)22-10-16(24)23-14-3-5-15(6-4-14)26-18(19,20)21/h3-9H,10H2,1-2H3,(H,22,25)(H,23,24). The topological polar surface area (TPSA) is 67.4 Å². The number of anilines is 1. The molecule has 138 valence electrons. The summed E-state index contributed by atoms with van der Waals surface area (Å²) in [6.45, 7) is 3.46. The minimum atomic E-state index is -4.77. The van der Waals surface area contributed by atoms with Crippen molar-refractivity contribution in [3.05, 3.63) is 59.2 Å². The summed E-state index contributed by atoms with van der Waals surface area (Å²) in [6, 6.07) is 10.0. The Balaban J connectivity index is 1.87. The molecule has 0 spiro atoms. The van der Waals surface area contributed by atoms with Crippen LogP contribution in [0.5, 0.6) is 5.75 Å². The molecule has 8 heteroatoms. The molecule has 0 aromatic heterocycles. The third-order valence-corrected chi connectivity index (χ3v) is 3.27. The van der Waals surface area contributed by atoms with Gasteiger partial charge in [0.05, 0.1) is 6.54 Å². The van der Waals surface area contributed by atoms with Gasteiger partial charge < -0.3 is 15.4 Å². The molecule has 5 nitrogen and oxygen atoms in total. The van der Waals surface area contributed by atoms with E-state index < -0.39 is 18.0 Å². The van der Waals surface area contributed by atoms with E-state index >= 15 is 0 Å². The van der Waals surface area contributed by atoms with Gasteiger partial charge in [-0.1, -0.05) is 17.2 Å². The van der Waals surface area contributed by atoms with Crippen molar-refractivity contribution in [3.8, 4) is 5.75 Å². The van der Waals surface area contributed by atoms with E-state index in [4.69, 9.17) is 0 Å². The molecule has 0 fully saturated rings. The number of carbonyl (C=O) groups is 2. The highest BCUT2D eigenvalue weighted by molar-refractivity contribution is 5.99. The number of benzene rings is 2. The summed E-state index contributed by atoms with van der Waals surface area (Å²) in [5.41, 5.74) is 2.59. The summed E-state index contributed by atoms with van der Waals surface area (Å²) >= 11 is 0. The van der Waals surface area contributed by atoms with Crippen LogP contribution in [-0.2, 0) is 4.79 Å². The molecule has 0 atom stereocenters. The zero-order chi connectivity index (χ0) is 19.3. The Morgan fingerprint density at radius 3 is 2.12 bits per heavy atom. The molecule has 2 rings (SSSR count). The van der Waals surface area contributed by atoms with Crippen molar-refractivity contribution in [1.29, 1.82) is 0 Å². The molecule has 2 aromatic rings. The molecule has 0 aliphatic rings. The van der Waals surface area contributed by atoms with E-state index in [1.54, 1.807) is 12.1 Å². The van der Waals surface area contributed by atoms with Gasteiger partial charge in [0.1, 0.15) is 5.75 Å². The lowest BCUT2D eigenvalue weighted by Gasteiger charge is -2.10. The summed E-state index contributed by atoms with van der Waals surface area (Å²) in [6.07, 6.45) is -4.77. The summed E-state index contributed by atoms with van der Waals surface area (Å²) < 4.78 is 40.0. The van der Waals surface area contributed by atoms with Gasteiger partial charge in [0.25, 0.3) is 5.91 Å². The van der Waals surface area contributed by atoms with Gasteiger partial charge in [0, 0.05) is 11.3 Å². The summed E-state index contributed by atoms with van der Waals surface area (Å²) in [5, 5.41) is 4.96. The molecular formula is C18H17F3N2O3. The van der Waals surface area contributed by atoms with E-state index in [1.807, 2.05) is 19.9 Å². The first-order chi connectivity index (χ1) is 12.1. The van der Waals surface area contributed by atoms with Crippen LogP contribution in [0, 0.1) is 13.8 Å². The second-order valence-corrected chi connectivity index (χ2v) is 5.68. The van der Waals surface area contributed by atoms with Gasteiger partial charge in [0.2, 0.25) is 5.91 Å². The molecular weight excluding hydrogens is 349 g/mol. The van der Waals surface area contributed by atoms with Crippen molar-refractivity contribution < 1.29 is 27.5 Å². The fourth-order valence-electron chi connectivity index (χ4n) is 2.31. The Kier molecular flexibility index (Phi) is 5.86. The van der Waals surface area contributed by atoms with Gasteiger partial charge in [-0.15, -0.1) is 13.2 Å². The Morgan fingerprint density at radius 1 is 1.00 bits per heavy atom. The average molecular weight is 366 g/mol. The Morgan fingerprint density at radius 2 is 1.58 bits per heavy atom. The van der Waals surface area contributed by atoms with E-state index in [0.29, 0.717) is 5.56 Å². The number of nitrogens with one attached hydrogen (secondary N) is 2. The number of rotatable bonds is 5. The Labute approximate surface area is 148 Å². The summed E-state index contributed by atoms with van der Waals surface area (Å²) in [4.78, 5) is 23.9. The molecule has 0 saturated heterocycles. The highest BCUT2D eigenvalue weighted by atomic mass is 19.4. The smallest absolute Gasteiger partial charge is 0.406 e. The van der Waals surface area contributed by atoms with E-state index in [0.717, 1.165) is 23.3 Å². The molecule has 0 bridgehead atoms. The second-order valence-electron chi connectivity index (χ2n) is 5.68. The van der Waals surface area contributed by atoms with Crippen molar-refractivity contribution in [2.75, 3.05) is 11.9 Å². The minimum absolute atomic E-state index is 0.271. The number of hydrogen-bond acceptors (Lipinski definition) is 3. The van der Waals surface area contributed by atoms with Gasteiger partial charge in [0.15, 0.2) is 0 Å². The first-order valence-electron chi connectivity index (χ1n) is 7.64. The third kappa shape index (κ3) is 6.12. The molecule has 2 aromatic carbocycles. The first kappa shape index (κ1) is 19.3. The molecule has 0 heterocycles. The lowest BCUT2D eigenvalue weighted by atomic mass is 10.1. The summed E-state index contributed by atoms with van der Waals surface area (Å²) in [7, 11) is 0. The quantitative estimate of drug-likeness (QED) is 0.850. The van der Waals surface area contributed by atoms with Crippen LogP contribution >= 0.6 is 0 Å². The van der Waals surface area contributed by atoms with Crippen LogP contribution in [0.4, 0.5) is 18.9 Å². The van der Waals surface area contributed by atoms with Crippen LogP contribution in [0.15, 0.2) is 42.5 Å². The fourth-order valence-corrected chi connectivity index (χ4v) is 2.31. The van der Waals surface area contributed by atoms with Crippen molar-refractivity contribution >= 4 is 17.5 Å².